The fourth-order valence-electron chi connectivity index (χ4n) is 1.63. The van der Waals surface area contributed by atoms with Crippen LogP contribution >= 0.6 is 11.3 Å². The number of hydrogen-bond acceptors (Lipinski definition) is 4. The SMILES string of the molecule is CCc1cc(CNS(=O)(=O)CCc2cccs2)[nH]n1. The zero-order chi connectivity index (χ0) is 13.7. The second-order valence-corrected chi connectivity index (χ2v) is 7.17. The molecule has 0 unspecified atom stereocenters. The highest BCUT2D eigenvalue weighted by Crippen LogP contribution is 2.10. The van der Waals surface area contributed by atoms with Crippen molar-refractivity contribution in [3.05, 3.63) is 39.8 Å². The van der Waals surface area contributed by atoms with Crippen LogP contribution in [0.5, 0.6) is 0 Å². The molecule has 0 aliphatic rings. The summed E-state index contributed by atoms with van der Waals surface area (Å²) in [4.78, 5) is 1.08. The smallest absolute Gasteiger partial charge is 0.212 e. The van der Waals surface area contributed by atoms with Crippen molar-refractivity contribution < 1.29 is 8.42 Å². The third-order valence-electron chi connectivity index (χ3n) is 2.73. The molecule has 0 saturated carbocycles. The third kappa shape index (κ3) is 4.45. The van der Waals surface area contributed by atoms with E-state index >= 15 is 0 Å². The van der Waals surface area contributed by atoms with Crippen LogP contribution in [0.2, 0.25) is 0 Å². The van der Waals surface area contributed by atoms with Crippen LogP contribution in [0, 0.1) is 0 Å². The third-order valence-corrected chi connectivity index (χ3v) is 4.99. The summed E-state index contributed by atoms with van der Waals surface area (Å²) in [7, 11) is -3.24. The molecule has 0 aromatic carbocycles. The highest BCUT2D eigenvalue weighted by molar-refractivity contribution is 7.89. The molecule has 2 aromatic rings. The summed E-state index contributed by atoms with van der Waals surface area (Å²) in [5, 5.41) is 8.84. The minimum Gasteiger partial charge on any atom is -0.281 e. The van der Waals surface area contributed by atoms with Gasteiger partial charge in [0.15, 0.2) is 0 Å². The molecule has 2 heterocycles. The van der Waals surface area contributed by atoms with E-state index in [9.17, 15) is 8.42 Å². The summed E-state index contributed by atoms with van der Waals surface area (Å²) in [5.41, 5.74) is 1.73. The Kier molecular flexibility index (Phi) is 4.73. The lowest BCUT2D eigenvalue weighted by atomic mass is 10.3. The molecular weight excluding hydrogens is 282 g/mol. The first kappa shape index (κ1) is 14.2. The molecule has 7 heteroatoms. The van der Waals surface area contributed by atoms with Crippen LogP contribution in [0.4, 0.5) is 0 Å². The first-order chi connectivity index (χ1) is 9.09. The molecule has 2 rings (SSSR count). The summed E-state index contributed by atoms with van der Waals surface area (Å²) < 4.78 is 26.3. The summed E-state index contributed by atoms with van der Waals surface area (Å²) in [6, 6.07) is 5.75. The van der Waals surface area contributed by atoms with Crippen molar-refractivity contribution in [2.24, 2.45) is 0 Å². The quantitative estimate of drug-likeness (QED) is 0.817. The number of aromatic nitrogens is 2. The van der Waals surface area contributed by atoms with Crippen LogP contribution in [-0.4, -0.2) is 24.4 Å². The topological polar surface area (TPSA) is 74.8 Å². The molecule has 104 valence electrons. The lowest BCUT2D eigenvalue weighted by Gasteiger charge is -2.04. The van der Waals surface area contributed by atoms with Crippen LogP contribution in [0.3, 0.4) is 0 Å². The van der Waals surface area contributed by atoms with Crippen LogP contribution in [0.1, 0.15) is 23.2 Å². The maximum Gasteiger partial charge on any atom is 0.212 e. The van der Waals surface area contributed by atoms with E-state index in [1.807, 2.05) is 30.5 Å². The minimum absolute atomic E-state index is 0.113. The number of nitrogens with one attached hydrogen (secondary N) is 2. The van der Waals surface area contributed by atoms with Crippen molar-refractivity contribution in [3.8, 4) is 0 Å². The Hall–Kier alpha value is -1.18. The van der Waals surface area contributed by atoms with Crippen molar-refractivity contribution in [3.63, 3.8) is 0 Å². The average Bonchev–Trinajstić information content (AvgIpc) is 3.05. The number of H-pyrrole nitrogens is 1. The lowest BCUT2D eigenvalue weighted by molar-refractivity contribution is 0.580. The monoisotopic (exact) mass is 299 g/mol. The summed E-state index contributed by atoms with van der Waals surface area (Å²) in [5.74, 6) is 0.113. The van der Waals surface area contributed by atoms with Crippen molar-refractivity contribution in [1.29, 1.82) is 0 Å². The Morgan fingerprint density at radius 1 is 1.47 bits per heavy atom. The molecule has 5 nitrogen and oxygen atoms in total. The fraction of sp³-hybridized carbons (Fsp3) is 0.417. The van der Waals surface area contributed by atoms with E-state index in [4.69, 9.17) is 0 Å². The van der Waals surface area contributed by atoms with E-state index in [1.54, 1.807) is 11.3 Å². The van der Waals surface area contributed by atoms with Gasteiger partial charge in [0.2, 0.25) is 10.0 Å². The summed E-state index contributed by atoms with van der Waals surface area (Å²) in [6.45, 7) is 2.27. The zero-order valence-electron chi connectivity index (χ0n) is 10.7. The van der Waals surface area contributed by atoms with Crippen LogP contribution < -0.4 is 4.72 Å². The van der Waals surface area contributed by atoms with E-state index in [-0.39, 0.29) is 12.3 Å². The van der Waals surface area contributed by atoms with Crippen LogP contribution in [-0.2, 0) is 29.4 Å². The Morgan fingerprint density at radius 2 is 2.32 bits per heavy atom. The van der Waals surface area contributed by atoms with Crippen molar-refractivity contribution >= 4 is 21.4 Å². The Balaban J connectivity index is 1.83. The Bertz CT molecular complexity index is 603. The number of aryl methyl sites for hydroxylation is 2. The normalized spacial score (nSPS) is 11.8. The van der Waals surface area contributed by atoms with E-state index in [2.05, 4.69) is 14.9 Å². The number of hydrogen-bond donors (Lipinski definition) is 2. The lowest BCUT2D eigenvalue weighted by Crippen LogP contribution is -2.26. The van der Waals surface area contributed by atoms with E-state index in [0.717, 1.165) is 22.7 Å². The van der Waals surface area contributed by atoms with Gasteiger partial charge >= 0.3 is 0 Å². The van der Waals surface area contributed by atoms with Gasteiger partial charge in [-0.3, -0.25) is 5.10 Å². The molecule has 0 amide bonds. The predicted octanol–water partition coefficient (Wildman–Crippen LogP) is 1.70. The molecule has 0 aliphatic heterocycles. The van der Waals surface area contributed by atoms with Crippen molar-refractivity contribution in [1.82, 2.24) is 14.9 Å². The molecule has 0 spiro atoms. The van der Waals surface area contributed by atoms with E-state index < -0.39 is 10.0 Å². The highest BCUT2D eigenvalue weighted by Gasteiger charge is 2.11. The van der Waals surface area contributed by atoms with Crippen molar-refractivity contribution in [2.45, 2.75) is 26.3 Å². The number of rotatable bonds is 7. The van der Waals surface area contributed by atoms with Gasteiger partial charge in [0, 0.05) is 4.88 Å². The van der Waals surface area contributed by atoms with Gasteiger partial charge < -0.3 is 0 Å². The molecule has 0 saturated heterocycles. The minimum atomic E-state index is -3.24. The molecule has 2 N–H and O–H groups in total. The molecule has 0 atom stereocenters. The maximum absolute atomic E-state index is 11.8. The number of sulfonamides is 1. The van der Waals surface area contributed by atoms with Gasteiger partial charge in [0.1, 0.15) is 0 Å². The van der Waals surface area contributed by atoms with Crippen LogP contribution in [0.15, 0.2) is 23.6 Å². The Labute approximate surface area is 117 Å². The van der Waals surface area contributed by atoms with Crippen molar-refractivity contribution in [2.75, 3.05) is 5.75 Å². The number of nitrogens with zero attached hydrogens (tertiary/aromatic N) is 1. The van der Waals surface area contributed by atoms with E-state index in [1.165, 1.54) is 0 Å². The highest BCUT2D eigenvalue weighted by atomic mass is 32.2. The fourth-order valence-corrected chi connectivity index (χ4v) is 3.48. The first-order valence-corrected chi connectivity index (χ1v) is 8.65. The van der Waals surface area contributed by atoms with Gasteiger partial charge in [0.25, 0.3) is 0 Å². The molecule has 2 aromatic heterocycles. The van der Waals surface area contributed by atoms with Gasteiger partial charge in [-0.2, -0.15) is 5.10 Å². The molecule has 0 radical (unpaired) electrons. The molecular formula is C12H17N3O2S2. The predicted molar refractivity (Wildman–Crippen MR) is 76.6 cm³/mol. The molecule has 0 fully saturated rings. The molecule has 19 heavy (non-hydrogen) atoms. The van der Waals surface area contributed by atoms with Gasteiger partial charge in [-0.15, -0.1) is 11.3 Å². The van der Waals surface area contributed by atoms with E-state index in [0.29, 0.717) is 6.42 Å². The van der Waals surface area contributed by atoms with Gasteiger partial charge in [-0.1, -0.05) is 13.0 Å². The summed E-state index contributed by atoms with van der Waals surface area (Å²) >= 11 is 1.58. The standard InChI is InChI=1S/C12H17N3O2S2/c1-2-10-8-11(15-14-10)9-13-19(16,17)7-5-12-4-3-6-18-12/h3-4,6,8,13H,2,5,7,9H2,1H3,(H,14,15). The van der Waals surface area contributed by atoms with Crippen LogP contribution in [0.25, 0.3) is 0 Å². The second-order valence-electron chi connectivity index (χ2n) is 4.21. The Morgan fingerprint density at radius 3 is 2.95 bits per heavy atom. The maximum atomic E-state index is 11.8. The van der Waals surface area contributed by atoms with Gasteiger partial charge in [0.05, 0.1) is 23.7 Å². The average molecular weight is 299 g/mol. The van der Waals surface area contributed by atoms with Gasteiger partial charge in [-0.25, -0.2) is 13.1 Å². The van der Waals surface area contributed by atoms with Gasteiger partial charge in [-0.05, 0) is 30.4 Å². The largest absolute Gasteiger partial charge is 0.281 e. The summed E-state index contributed by atoms with van der Waals surface area (Å²) in [6.07, 6.45) is 1.39. The zero-order valence-corrected chi connectivity index (χ0v) is 12.4. The number of aromatic amines is 1. The second kappa shape index (κ2) is 6.31. The first-order valence-electron chi connectivity index (χ1n) is 6.12. The number of thiophene rings is 1. The molecule has 0 bridgehead atoms. The molecule has 0 aliphatic carbocycles.